The number of nitrogen functional groups attached to an aromatic ring is 2. The summed E-state index contributed by atoms with van der Waals surface area (Å²) in [6, 6.07) is 9.48. The van der Waals surface area contributed by atoms with E-state index in [9.17, 15) is 9.59 Å². The molecule has 0 unspecified atom stereocenters. The normalized spacial score (nSPS) is 14.1. The monoisotopic (exact) mass is 562 g/mol. The molecule has 0 saturated carbocycles. The molecule has 7 N–H and O–H groups in total. The molecule has 0 amide bonds. The number of nitrogens with two attached hydrogens (primary N) is 2. The van der Waals surface area contributed by atoms with Gasteiger partial charge in [0.2, 0.25) is 0 Å². The number of fused-ring (bicyclic) bond motifs is 1. The van der Waals surface area contributed by atoms with E-state index < -0.39 is 23.6 Å². The summed E-state index contributed by atoms with van der Waals surface area (Å²) in [4.78, 5) is 30.7. The molecule has 2 aromatic heterocycles. The van der Waals surface area contributed by atoms with Gasteiger partial charge in [-0.2, -0.15) is 4.68 Å². The second-order valence-electron chi connectivity index (χ2n) is 9.21. The summed E-state index contributed by atoms with van der Waals surface area (Å²) in [5.74, 6) is -0.226. The van der Waals surface area contributed by atoms with E-state index in [0.29, 0.717) is 41.1 Å². The molecule has 1 aliphatic rings. The van der Waals surface area contributed by atoms with Gasteiger partial charge in [-0.15, -0.1) is 5.10 Å². The first kappa shape index (κ1) is 27.2. The molecule has 0 fully saturated rings. The highest BCUT2D eigenvalue weighted by molar-refractivity contribution is 5.98. The number of nitrogens with one attached hydrogen (secondary N) is 3. The number of ether oxygens (including phenoxy) is 3. The molecule has 14 heteroatoms. The van der Waals surface area contributed by atoms with Crippen molar-refractivity contribution in [2.24, 2.45) is 5.73 Å². The Morgan fingerprint density at radius 3 is 2.83 bits per heavy atom. The summed E-state index contributed by atoms with van der Waals surface area (Å²) in [6.07, 6.45) is 1.49. The maximum absolute atomic E-state index is 15.7. The molecule has 0 radical (unpaired) electrons. The number of pyridine rings is 1. The minimum Gasteiger partial charge on any atom is -0.493 e. The van der Waals surface area contributed by atoms with Crippen LogP contribution in [0.4, 0.5) is 15.9 Å². The van der Waals surface area contributed by atoms with Crippen molar-refractivity contribution in [1.82, 2.24) is 19.7 Å². The van der Waals surface area contributed by atoms with Crippen LogP contribution in [0.1, 0.15) is 42.0 Å². The zero-order valence-corrected chi connectivity index (χ0v) is 22.2. The van der Waals surface area contributed by atoms with Crippen molar-refractivity contribution in [3.63, 3.8) is 0 Å². The molecule has 13 nitrogen and oxygen atoms in total. The first-order chi connectivity index (χ1) is 19.7. The van der Waals surface area contributed by atoms with Gasteiger partial charge in [-0.25, -0.2) is 14.2 Å². The number of rotatable bonds is 8. The van der Waals surface area contributed by atoms with Crippen LogP contribution in [0.3, 0.4) is 0 Å². The van der Waals surface area contributed by atoms with Crippen LogP contribution in [-0.2, 0) is 17.8 Å². The van der Waals surface area contributed by atoms with Gasteiger partial charge in [0.15, 0.2) is 23.4 Å². The maximum atomic E-state index is 15.7. The standard InChI is InChI=1S/C27H27FN8O5/c1-13(37)40-20-11-15(5-6-16(20)24(29)30)33-12-14-10-21(39-2)23-17(22(14)28)7-8-19(41-23)26-34-27(38)36(35-26)18-4-3-9-32-25(18)31/h3-6,9-11,19,33H,7-8,12H2,1-2H3,(H3,29,30)(H2,31,32)(H,34,35,38)/t19-/m0/s1. The zero-order chi connectivity index (χ0) is 29.3. The van der Waals surface area contributed by atoms with Gasteiger partial charge in [-0.1, -0.05) is 0 Å². The third-order valence-corrected chi connectivity index (χ3v) is 6.48. The highest BCUT2D eigenvalue weighted by Crippen LogP contribution is 2.43. The minimum atomic E-state index is -0.661. The third kappa shape index (κ3) is 5.39. The van der Waals surface area contributed by atoms with Gasteiger partial charge in [0, 0.05) is 42.5 Å². The van der Waals surface area contributed by atoms with E-state index in [1.165, 1.54) is 38.4 Å². The van der Waals surface area contributed by atoms with Crippen molar-refractivity contribution < 1.29 is 23.4 Å². The minimum absolute atomic E-state index is 0.0715. The van der Waals surface area contributed by atoms with Crippen LogP contribution in [0.2, 0.25) is 0 Å². The van der Waals surface area contributed by atoms with Crippen molar-refractivity contribution in [2.45, 2.75) is 32.4 Å². The molecular weight excluding hydrogens is 535 g/mol. The highest BCUT2D eigenvalue weighted by Gasteiger charge is 2.31. The van der Waals surface area contributed by atoms with E-state index >= 15 is 4.39 Å². The summed E-state index contributed by atoms with van der Waals surface area (Å²) in [5.41, 5.74) is 12.7. The number of amidine groups is 1. The van der Waals surface area contributed by atoms with Crippen molar-refractivity contribution in [3.8, 4) is 22.9 Å². The number of esters is 1. The number of H-pyrrole nitrogens is 1. The average Bonchev–Trinajstić information content (AvgIpc) is 3.33. The van der Waals surface area contributed by atoms with Crippen LogP contribution in [0.5, 0.6) is 17.2 Å². The molecule has 41 heavy (non-hydrogen) atoms. The molecule has 0 spiro atoms. The van der Waals surface area contributed by atoms with Crippen molar-refractivity contribution >= 4 is 23.3 Å². The number of aromatic nitrogens is 4. The number of benzene rings is 2. The van der Waals surface area contributed by atoms with Gasteiger partial charge in [-0.3, -0.25) is 15.2 Å². The summed E-state index contributed by atoms with van der Waals surface area (Å²) < 4.78 is 33.6. The predicted octanol–water partition coefficient (Wildman–Crippen LogP) is 2.57. The largest absolute Gasteiger partial charge is 0.493 e. The average molecular weight is 563 g/mol. The second kappa shape index (κ2) is 11.0. The fourth-order valence-corrected chi connectivity index (χ4v) is 4.56. The third-order valence-electron chi connectivity index (χ3n) is 6.48. The van der Waals surface area contributed by atoms with Crippen LogP contribution >= 0.6 is 0 Å². The number of carbonyl (C=O) groups excluding carboxylic acids is 1. The Kier molecular flexibility index (Phi) is 7.29. The van der Waals surface area contributed by atoms with Crippen molar-refractivity contribution in [1.29, 1.82) is 5.41 Å². The van der Waals surface area contributed by atoms with Gasteiger partial charge < -0.3 is 31.0 Å². The molecule has 2 aromatic carbocycles. The van der Waals surface area contributed by atoms with E-state index in [0.717, 1.165) is 4.68 Å². The maximum Gasteiger partial charge on any atom is 0.348 e. The molecule has 1 atom stereocenters. The van der Waals surface area contributed by atoms with E-state index in [2.05, 4.69) is 20.4 Å². The van der Waals surface area contributed by atoms with E-state index in [-0.39, 0.29) is 41.1 Å². The van der Waals surface area contributed by atoms with E-state index in [1.54, 1.807) is 18.2 Å². The van der Waals surface area contributed by atoms with Crippen molar-refractivity contribution in [3.05, 3.63) is 81.4 Å². The topological polar surface area (TPSA) is 196 Å². The summed E-state index contributed by atoms with van der Waals surface area (Å²) >= 11 is 0. The number of hydrogen-bond acceptors (Lipinski definition) is 10. The SMILES string of the molecule is COc1cc(CNc2ccc(C(=N)N)c(OC(C)=O)c2)c(F)c2c1O[C@H](c1nn(-c3cccnc3N)c(=O)[nH]1)CC2. The highest BCUT2D eigenvalue weighted by atomic mass is 19.1. The number of methoxy groups -OCH3 is 1. The lowest BCUT2D eigenvalue weighted by Crippen LogP contribution is -2.20. The van der Waals surface area contributed by atoms with Gasteiger partial charge in [-0.05, 0) is 43.2 Å². The number of carbonyl (C=O) groups is 1. The molecule has 1 aliphatic heterocycles. The number of halogens is 1. The van der Waals surface area contributed by atoms with Gasteiger partial charge in [0.05, 0.1) is 12.7 Å². The Morgan fingerprint density at radius 1 is 1.32 bits per heavy atom. The Balaban J connectivity index is 1.38. The molecule has 0 aliphatic carbocycles. The Bertz CT molecular complexity index is 1720. The molecule has 0 saturated heterocycles. The van der Waals surface area contributed by atoms with Crippen LogP contribution in [0.15, 0.2) is 47.4 Å². The lowest BCUT2D eigenvalue weighted by atomic mass is 9.97. The van der Waals surface area contributed by atoms with Crippen LogP contribution < -0.4 is 36.7 Å². The first-order valence-corrected chi connectivity index (χ1v) is 12.5. The van der Waals surface area contributed by atoms with E-state index in [4.69, 9.17) is 31.1 Å². The first-order valence-electron chi connectivity index (χ1n) is 12.5. The van der Waals surface area contributed by atoms with Crippen molar-refractivity contribution in [2.75, 3.05) is 18.2 Å². The van der Waals surface area contributed by atoms with Gasteiger partial charge >= 0.3 is 11.7 Å². The molecule has 212 valence electrons. The smallest absolute Gasteiger partial charge is 0.348 e. The zero-order valence-electron chi connectivity index (χ0n) is 22.2. The Labute approximate surface area is 232 Å². The van der Waals surface area contributed by atoms with Gasteiger partial charge in [0.25, 0.3) is 0 Å². The number of aromatic amines is 1. The van der Waals surface area contributed by atoms with Crippen LogP contribution in [0, 0.1) is 11.2 Å². The molecule has 5 rings (SSSR count). The molecule has 0 bridgehead atoms. The molecule has 4 aromatic rings. The Morgan fingerprint density at radius 2 is 2.12 bits per heavy atom. The van der Waals surface area contributed by atoms with Gasteiger partial charge in [0.1, 0.15) is 28.9 Å². The number of nitrogens with zero attached hydrogens (tertiary/aromatic N) is 3. The summed E-state index contributed by atoms with van der Waals surface area (Å²) in [6.45, 7) is 1.31. The fraction of sp³-hybridized carbons (Fsp3) is 0.222. The van der Waals surface area contributed by atoms with E-state index in [1.807, 2.05) is 0 Å². The van der Waals surface area contributed by atoms with Crippen LogP contribution in [0.25, 0.3) is 5.69 Å². The molecular formula is C27H27FN8O5. The van der Waals surface area contributed by atoms with Crippen LogP contribution in [-0.4, -0.2) is 38.7 Å². The predicted molar refractivity (Wildman–Crippen MR) is 147 cm³/mol. The Hall–Kier alpha value is -5.40. The molecule has 3 heterocycles. The lowest BCUT2D eigenvalue weighted by Gasteiger charge is -2.27. The quantitative estimate of drug-likeness (QED) is 0.0921. The number of hydrogen-bond donors (Lipinski definition) is 5. The summed E-state index contributed by atoms with van der Waals surface area (Å²) in [5, 5.41) is 15.1. The fourth-order valence-electron chi connectivity index (χ4n) is 4.56. The number of anilines is 2. The second-order valence-corrected chi connectivity index (χ2v) is 9.21. The summed E-state index contributed by atoms with van der Waals surface area (Å²) in [7, 11) is 1.45. The lowest BCUT2D eigenvalue weighted by molar-refractivity contribution is -0.131.